The molecule has 2 amide bonds. The smallest absolute Gasteiger partial charge is 0.285 e. The van der Waals surface area contributed by atoms with Gasteiger partial charge in [0.25, 0.3) is 11.8 Å². The number of thiocarbonyl (C=S) groups is 1. The van der Waals surface area contributed by atoms with Crippen molar-refractivity contribution in [1.29, 1.82) is 0 Å². The van der Waals surface area contributed by atoms with E-state index in [0.717, 1.165) is 27.9 Å². The number of nitrogens with zero attached hydrogens (tertiary/aromatic N) is 1. The normalized spacial score (nSPS) is 15.5. The number of benzene rings is 2. The van der Waals surface area contributed by atoms with Crippen LogP contribution in [0.15, 0.2) is 53.4 Å². The van der Waals surface area contributed by atoms with Gasteiger partial charge in [0.15, 0.2) is 4.32 Å². The minimum atomic E-state index is -0.416. The van der Waals surface area contributed by atoms with Crippen LogP contribution in [0.1, 0.15) is 21.5 Å². The van der Waals surface area contributed by atoms with E-state index in [1.165, 1.54) is 0 Å². The highest BCUT2D eigenvalue weighted by Gasteiger charge is 2.33. The molecule has 0 spiro atoms. The maximum Gasteiger partial charge on any atom is 0.285 e. The van der Waals surface area contributed by atoms with Crippen LogP contribution in [0.4, 0.5) is 0 Å². The van der Waals surface area contributed by atoms with Gasteiger partial charge in [0, 0.05) is 5.56 Å². The molecule has 1 N–H and O–H groups in total. The lowest BCUT2D eigenvalue weighted by atomic mass is 10.1. The van der Waals surface area contributed by atoms with E-state index in [-0.39, 0.29) is 10.2 Å². The number of methoxy groups -OCH3 is 1. The molecule has 0 saturated carbocycles. The SMILES string of the molecule is COc1ccc(C(=O)NN2C(=O)/C(=C/c3ccccc3C)SC2=S)cc1. The lowest BCUT2D eigenvalue weighted by Gasteiger charge is -2.15. The number of thioether (sulfide) groups is 1. The predicted octanol–water partition coefficient (Wildman–Crippen LogP) is 3.55. The molecule has 3 rings (SSSR count). The van der Waals surface area contributed by atoms with E-state index in [1.807, 2.05) is 31.2 Å². The van der Waals surface area contributed by atoms with Gasteiger partial charge >= 0.3 is 0 Å². The second-order valence-corrected chi connectivity index (χ2v) is 7.22. The van der Waals surface area contributed by atoms with Crippen LogP contribution in [0.3, 0.4) is 0 Å². The van der Waals surface area contributed by atoms with Crippen molar-refractivity contribution < 1.29 is 14.3 Å². The van der Waals surface area contributed by atoms with Crippen LogP contribution in [0, 0.1) is 6.92 Å². The largest absolute Gasteiger partial charge is 0.497 e. The summed E-state index contributed by atoms with van der Waals surface area (Å²) in [5.74, 6) is -0.112. The van der Waals surface area contributed by atoms with Crippen molar-refractivity contribution in [2.75, 3.05) is 7.11 Å². The molecule has 0 aromatic heterocycles. The van der Waals surface area contributed by atoms with Crippen LogP contribution >= 0.6 is 24.0 Å². The van der Waals surface area contributed by atoms with Crippen LogP contribution in [-0.4, -0.2) is 28.3 Å². The first kappa shape index (κ1) is 18.2. The minimum Gasteiger partial charge on any atom is -0.497 e. The zero-order valence-electron chi connectivity index (χ0n) is 14.2. The number of rotatable bonds is 4. The highest BCUT2D eigenvalue weighted by Crippen LogP contribution is 2.32. The summed E-state index contributed by atoms with van der Waals surface area (Å²) in [6.45, 7) is 1.97. The minimum absolute atomic E-state index is 0.289. The van der Waals surface area contributed by atoms with Crippen LogP contribution in [0.2, 0.25) is 0 Å². The fraction of sp³-hybridized carbons (Fsp3) is 0.105. The molecule has 0 radical (unpaired) electrons. The van der Waals surface area contributed by atoms with Crippen molar-refractivity contribution in [3.8, 4) is 5.75 Å². The van der Waals surface area contributed by atoms with Gasteiger partial charge < -0.3 is 4.74 Å². The summed E-state index contributed by atoms with van der Waals surface area (Å²) in [6.07, 6.45) is 1.79. The van der Waals surface area contributed by atoms with Crippen molar-refractivity contribution in [3.63, 3.8) is 0 Å². The van der Waals surface area contributed by atoms with Gasteiger partial charge in [0.1, 0.15) is 5.75 Å². The second kappa shape index (κ2) is 7.72. The third-order valence-electron chi connectivity index (χ3n) is 3.83. The van der Waals surface area contributed by atoms with Crippen molar-refractivity contribution >= 4 is 46.2 Å². The van der Waals surface area contributed by atoms with E-state index in [1.54, 1.807) is 37.5 Å². The molecule has 1 aliphatic heterocycles. The van der Waals surface area contributed by atoms with E-state index in [2.05, 4.69) is 5.43 Å². The Morgan fingerprint density at radius 2 is 1.88 bits per heavy atom. The summed E-state index contributed by atoms with van der Waals surface area (Å²) in [7, 11) is 1.55. The van der Waals surface area contributed by atoms with Gasteiger partial charge in [0.05, 0.1) is 12.0 Å². The second-order valence-electron chi connectivity index (χ2n) is 5.54. The Labute approximate surface area is 161 Å². The fourth-order valence-corrected chi connectivity index (χ4v) is 3.53. The number of hydrogen-bond acceptors (Lipinski definition) is 5. The summed E-state index contributed by atoms with van der Waals surface area (Å²) in [4.78, 5) is 25.5. The third-order valence-corrected chi connectivity index (χ3v) is 5.14. The van der Waals surface area contributed by atoms with E-state index >= 15 is 0 Å². The topological polar surface area (TPSA) is 58.6 Å². The number of ether oxygens (including phenoxy) is 1. The first-order valence-electron chi connectivity index (χ1n) is 7.78. The molecule has 26 heavy (non-hydrogen) atoms. The van der Waals surface area contributed by atoms with Crippen LogP contribution < -0.4 is 10.2 Å². The van der Waals surface area contributed by atoms with E-state index in [0.29, 0.717) is 16.2 Å². The van der Waals surface area contributed by atoms with Crippen LogP contribution in [0.25, 0.3) is 6.08 Å². The van der Waals surface area contributed by atoms with Crippen molar-refractivity contribution in [3.05, 3.63) is 70.1 Å². The summed E-state index contributed by atoms with van der Waals surface area (Å²) < 4.78 is 5.36. The number of carbonyl (C=O) groups excluding carboxylic acids is 2. The average molecular weight is 384 g/mol. The molecule has 0 unspecified atom stereocenters. The van der Waals surface area contributed by atoms with Gasteiger partial charge in [-0.1, -0.05) is 36.0 Å². The van der Waals surface area contributed by atoms with Crippen LogP contribution in [0.5, 0.6) is 5.75 Å². The lowest BCUT2D eigenvalue weighted by Crippen LogP contribution is -2.44. The first-order valence-corrected chi connectivity index (χ1v) is 9.00. The van der Waals surface area contributed by atoms with Gasteiger partial charge in [0.2, 0.25) is 0 Å². The van der Waals surface area contributed by atoms with Gasteiger partial charge in [-0.15, -0.1) is 0 Å². The van der Waals surface area contributed by atoms with Crippen molar-refractivity contribution in [2.24, 2.45) is 0 Å². The average Bonchev–Trinajstić information content (AvgIpc) is 2.91. The zero-order valence-corrected chi connectivity index (χ0v) is 15.8. The predicted molar refractivity (Wildman–Crippen MR) is 107 cm³/mol. The van der Waals surface area contributed by atoms with Crippen molar-refractivity contribution in [2.45, 2.75) is 6.92 Å². The third kappa shape index (κ3) is 3.79. The molecule has 5 nitrogen and oxygen atoms in total. The molecule has 7 heteroatoms. The van der Waals surface area contributed by atoms with Crippen LogP contribution in [-0.2, 0) is 4.79 Å². The summed E-state index contributed by atoms with van der Waals surface area (Å²) in [5, 5.41) is 1.11. The maximum absolute atomic E-state index is 12.6. The van der Waals surface area contributed by atoms with E-state index < -0.39 is 5.91 Å². The summed E-state index contributed by atoms with van der Waals surface area (Å²) in [6, 6.07) is 14.3. The fourth-order valence-electron chi connectivity index (χ4n) is 2.36. The molecule has 1 aliphatic rings. The molecule has 132 valence electrons. The Hall–Kier alpha value is -2.64. The quantitative estimate of drug-likeness (QED) is 0.645. The zero-order chi connectivity index (χ0) is 18.7. The molecular formula is C19H16N2O3S2. The molecule has 2 aromatic rings. The maximum atomic E-state index is 12.6. The molecular weight excluding hydrogens is 368 g/mol. The number of hydrazine groups is 1. The molecule has 1 heterocycles. The standard InChI is InChI=1S/C19H16N2O3S2/c1-12-5-3-4-6-14(12)11-16-18(23)21(19(25)26-16)20-17(22)13-7-9-15(24-2)10-8-13/h3-11H,1-2H3,(H,20,22)/b16-11-. The van der Waals surface area contributed by atoms with E-state index in [9.17, 15) is 9.59 Å². The van der Waals surface area contributed by atoms with Crippen molar-refractivity contribution in [1.82, 2.24) is 10.4 Å². The Balaban J connectivity index is 1.76. The molecule has 2 aromatic carbocycles. The number of aryl methyl sites for hydroxylation is 1. The lowest BCUT2D eigenvalue weighted by molar-refractivity contribution is -0.123. The van der Waals surface area contributed by atoms with Gasteiger partial charge in [-0.05, 0) is 60.6 Å². The van der Waals surface area contributed by atoms with Gasteiger partial charge in [-0.2, -0.15) is 5.01 Å². The number of nitrogens with one attached hydrogen (secondary N) is 1. The molecule has 0 aliphatic carbocycles. The molecule has 0 bridgehead atoms. The Morgan fingerprint density at radius 3 is 2.54 bits per heavy atom. The molecule has 1 fully saturated rings. The Morgan fingerprint density at radius 1 is 1.19 bits per heavy atom. The molecule has 0 atom stereocenters. The van der Waals surface area contributed by atoms with Gasteiger partial charge in [-0.25, -0.2) is 0 Å². The van der Waals surface area contributed by atoms with E-state index in [4.69, 9.17) is 17.0 Å². The summed E-state index contributed by atoms with van der Waals surface area (Å²) >= 11 is 6.41. The Bertz CT molecular complexity index is 907. The molecule has 1 saturated heterocycles. The number of amides is 2. The van der Waals surface area contributed by atoms with Gasteiger partial charge in [-0.3, -0.25) is 15.0 Å². The number of hydrogen-bond donors (Lipinski definition) is 1. The summed E-state index contributed by atoms with van der Waals surface area (Å²) in [5.41, 5.74) is 4.96. The first-order chi connectivity index (χ1) is 12.5. The highest BCUT2D eigenvalue weighted by molar-refractivity contribution is 8.26. The monoisotopic (exact) mass is 384 g/mol. The number of carbonyl (C=O) groups is 2. The highest BCUT2D eigenvalue weighted by atomic mass is 32.2. The Kier molecular flexibility index (Phi) is 5.39.